The van der Waals surface area contributed by atoms with Gasteiger partial charge in [0, 0.05) is 39.4 Å². The molecule has 36 heavy (non-hydrogen) atoms. The van der Waals surface area contributed by atoms with Crippen LogP contribution in [0.15, 0.2) is 36.4 Å². The summed E-state index contributed by atoms with van der Waals surface area (Å²) in [6, 6.07) is 12.5. The third kappa shape index (κ3) is 9.26. The highest BCUT2D eigenvalue weighted by Gasteiger charge is 2.18. The highest BCUT2D eigenvalue weighted by atomic mass is 19.1. The Morgan fingerprint density at radius 2 is 1.75 bits per heavy atom. The van der Waals surface area contributed by atoms with Crippen LogP contribution in [0.5, 0.6) is 0 Å². The first-order chi connectivity index (χ1) is 17.1. The lowest BCUT2D eigenvalue weighted by atomic mass is 9.83. The van der Waals surface area contributed by atoms with Gasteiger partial charge in [0.05, 0.1) is 0 Å². The molecule has 0 spiro atoms. The maximum Gasteiger partial charge on any atom is 0.123 e. The fourth-order valence-corrected chi connectivity index (χ4v) is 4.86. The lowest BCUT2D eigenvalue weighted by Gasteiger charge is -2.23. The van der Waals surface area contributed by atoms with Crippen LogP contribution in [0.2, 0.25) is 0 Å². The average Bonchev–Trinajstić information content (AvgIpc) is 2.82. The van der Waals surface area contributed by atoms with Crippen molar-refractivity contribution in [2.75, 3.05) is 46.9 Å². The van der Waals surface area contributed by atoms with Crippen molar-refractivity contribution >= 4 is 0 Å². The van der Waals surface area contributed by atoms with Gasteiger partial charge in [-0.3, -0.25) is 0 Å². The minimum atomic E-state index is -0.143. The van der Waals surface area contributed by atoms with Crippen LogP contribution in [0, 0.1) is 11.7 Å². The fraction of sp³-hybridized carbons (Fsp3) is 0.613. The molecule has 0 aromatic heterocycles. The number of nitrogens with zero attached hydrogens (tertiary/aromatic N) is 1. The monoisotopic (exact) mass is 497 g/mol. The Labute approximate surface area is 219 Å². The summed E-state index contributed by atoms with van der Waals surface area (Å²) in [6.07, 6.45) is 3.12. The van der Waals surface area contributed by atoms with Gasteiger partial charge in [0.15, 0.2) is 0 Å². The van der Waals surface area contributed by atoms with Crippen molar-refractivity contribution < 1.29 is 9.13 Å². The van der Waals surface area contributed by atoms with Gasteiger partial charge in [-0.15, -0.1) is 0 Å². The zero-order chi connectivity index (χ0) is 26.1. The first-order valence-corrected chi connectivity index (χ1v) is 13.7. The Kier molecular flexibility index (Phi) is 10.9. The SMILES string of the molecule is CC(Cc1ccc(C(C)(C)C)cc1CNCCN(C)C)c1cc(F)cc(CNCC2CCOCC2)c1. The molecule has 0 saturated carbocycles. The smallest absolute Gasteiger partial charge is 0.123 e. The Morgan fingerprint density at radius 1 is 1.00 bits per heavy atom. The minimum Gasteiger partial charge on any atom is -0.381 e. The van der Waals surface area contributed by atoms with E-state index in [0.29, 0.717) is 12.5 Å². The summed E-state index contributed by atoms with van der Waals surface area (Å²) < 4.78 is 20.0. The third-order valence-corrected chi connectivity index (χ3v) is 7.30. The van der Waals surface area contributed by atoms with Gasteiger partial charge in [-0.2, -0.15) is 0 Å². The quantitative estimate of drug-likeness (QED) is 0.372. The summed E-state index contributed by atoms with van der Waals surface area (Å²) in [5.41, 5.74) is 6.25. The summed E-state index contributed by atoms with van der Waals surface area (Å²) in [5, 5.41) is 7.16. The van der Waals surface area contributed by atoms with Gasteiger partial charge in [-0.25, -0.2) is 4.39 Å². The van der Waals surface area contributed by atoms with Crippen LogP contribution < -0.4 is 10.6 Å². The largest absolute Gasteiger partial charge is 0.381 e. The molecule has 1 aliphatic heterocycles. The Morgan fingerprint density at radius 3 is 2.44 bits per heavy atom. The van der Waals surface area contributed by atoms with Gasteiger partial charge >= 0.3 is 0 Å². The van der Waals surface area contributed by atoms with Crippen molar-refractivity contribution in [2.45, 2.75) is 71.4 Å². The van der Waals surface area contributed by atoms with Crippen LogP contribution in [-0.2, 0) is 29.7 Å². The molecular weight excluding hydrogens is 449 g/mol. The molecule has 1 unspecified atom stereocenters. The number of rotatable bonds is 12. The Bertz CT molecular complexity index is 947. The topological polar surface area (TPSA) is 36.5 Å². The number of ether oxygens (including phenoxy) is 1. The van der Waals surface area contributed by atoms with Crippen LogP contribution in [0.1, 0.15) is 74.3 Å². The third-order valence-electron chi connectivity index (χ3n) is 7.30. The summed E-state index contributed by atoms with van der Waals surface area (Å²) in [4.78, 5) is 2.20. The molecule has 0 radical (unpaired) electrons. The molecule has 1 aliphatic rings. The number of likely N-dealkylation sites (N-methyl/N-ethyl adjacent to an activating group) is 1. The van der Waals surface area contributed by atoms with E-state index in [-0.39, 0.29) is 17.2 Å². The van der Waals surface area contributed by atoms with Crippen LogP contribution in [0.4, 0.5) is 4.39 Å². The lowest BCUT2D eigenvalue weighted by molar-refractivity contribution is 0.0662. The Balaban J connectivity index is 1.68. The second-order valence-corrected chi connectivity index (χ2v) is 11.9. The van der Waals surface area contributed by atoms with Gasteiger partial charge < -0.3 is 20.3 Å². The molecule has 2 aromatic rings. The predicted molar refractivity (Wildman–Crippen MR) is 149 cm³/mol. The normalized spacial score (nSPS) is 16.0. The maximum absolute atomic E-state index is 14.6. The number of hydrogen-bond donors (Lipinski definition) is 2. The molecule has 1 saturated heterocycles. The van der Waals surface area contributed by atoms with Gasteiger partial charge in [0.25, 0.3) is 0 Å². The summed E-state index contributed by atoms with van der Waals surface area (Å²) >= 11 is 0. The zero-order valence-corrected chi connectivity index (χ0v) is 23.4. The molecule has 4 nitrogen and oxygen atoms in total. The van der Waals surface area contributed by atoms with Crippen molar-refractivity contribution in [3.8, 4) is 0 Å². The lowest BCUT2D eigenvalue weighted by Crippen LogP contribution is -2.27. The van der Waals surface area contributed by atoms with Gasteiger partial charge in [-0.1, -0.05) is 52.0 Å². The van der Waals surface area contributed by atoms with Crippen molar-refractivity contribution in [3.63, 3.8) is 0 Å². The first-order valence-electron chi connectivity index (χ1n) is 13.7. The minimum absolute atomic E-state index is 0.109. The molecule has 200 valence electrons. The molecule has 1 atom stereocenters. The molecule has 5 heteroatoms. The molecule has 2 N–H and O–H groups in total. The predicted octanol–water partition coefficient (Wildman–Crippen LogP) is 5.64. The van der Waals surface area contributed by atoms with E-state index in [1.807, 2.05) is 0 Å². The molecular formula is C31H48FN3O. The van der Waals surface area contributed by atoms with E-state index < -0.39 is 0 Å². The fourth-order valence-electron chi connectivity index (χ4n) is 4.86. The number of nitrogens with one attached hydrogen (secondary N) is 2. The first kappa shape index (κ1) is 28.8. The molecule has 0 aliphatic carbocycles. The van der Waals surface area contributed by atoms with Crippen molar-refractivity contribution in [1.29, 1.82) is 0 Å². The van der Waals surface area contributed by atoms with E-state index in [4.69, 9.17) is 4.74 Å². The van der Waals surface area contributed by atoms with E-state index in [1.165, 1.54) is 16.7 Å². The second kappa shape index (κ2) is 13.7. The zero-order valence-electron chi connectivity index (χ0n) is 23.4. The summed E-state index contributed by atoms with van der Waals surface area (Å²) in [7, 11) is 4.20. The van der Waals surface area contributed by atoms with E-state index in [0.717, 1.165) is 69.8 Å². The van der Waals surface area contributed by atoms with E-state index in [2.05, 4.69) is 81.6 Å². The standard InChI is InChI=1S/C31H48FN3O/c1-23(27-16-25(17-30(32)19-27)21-34-20-24-9-13-36-14-10-24)15-26-7-8-29(31(2,3)4)18-28(26)22-33-11-12-35(5)6/h7-8,16-19,23-24,33-34H,9-15,20-22H2,1-6H3. The number of halogens is 1. The molecule has 0 bridgehead atoms. The Hall–Kier alpha value is -1.79. The molecule has 2 aromatic carbocycles. The van der Waals surface area contributed by atoms with Crippen molar-refractivity contribution in [2.24, 2.45) is 5.92 Å². The van der Waals surface area contributed by atoms with Gasteiger partial charge in [-0.05, 0) is 97.1 Å². The maximum atomic E-state index is 14.6. The van der Waals surface area contributed by atoms with Crippen molar-refractivity contribution in [3.05, 3.63) is 70.0 Å². The van der Waals surface area contributed by atoms with E-state index in [1.54, 1.807) is 12.1 Å². The van der Waals surface area contributed by atoms with Crippen LogP contribution in [0.3, 0.4) is 0 Å². The second-order valence-electron chi connectivity index (χ2n) is 11.9. The molecule has 0 amide bonds. The van der Waals surface area contributed by atoms with Crippen LogP contribution >= 0.6 is 0 Å². The van der Waals surface area contributed by atoms with Gasteiger partial charge in [0.2, 0.25) is 0 Å². The number of benzene rings is 2. The molecule has 1 fully saturated rings. The average molecular weight is 498 g/mol. The van der Waals surface area contributed by atoms with Crippen LogP contribution in [-0.4, -0.2) is 51.8 Å². The highest BCUT2D eigenvalue weighted by molar-refractivity contribution is 5.37. The molecule has 3 rings (SSSR count). The highest BCUT2D eigenvalue weighted by Crippen LogP contribution is 2.29. The molecule has 1 heterocycles. The van der Waals surface area contributed by atoms with E-state index in [9.17, 15) is 4.39 Å². The summed E-state index contributed by atoms with van der Waals surface area (Å²) in [5.74, 6) is 0.748. The number of hydrogen-bond acceptors (Lipinski definition) is 4. The summed E-state index contributed by atoms with van der Waals surface area (Å²) in [6.45, 7) is 15.2. The van der Waals surface area contributed by atoms with Crippen molar-refractivity contribution in [1.82, 2.24) is 15.5 Å². The van der Waals surface area contributed by atoms with E-state index >= 15 is 0 Å². The van der Waals surface area contributed by atoms with Gasteiger partial charge in [0.1, 0.15) is 5.82 Å². The van der Waals surface area contributed by atoms with Crippen LogP contribution in [0.25, 0.3) is 0 Å².